The van der Waals surface area contributed by atoms with Crippen LogP contribution in [-0.4, -0.2) is 57.3 Å². The van der Waals surface area contributed by atoms with Crippen LogP contribution in [0.4, 0.5) is 23.8 Å². The first-order chi connectivity index (χ1) is 22.6. The van der Waals surface area contributed by atoms with E-state index < -0.39 is 34.7 Å². The van der Waals surface area contributed by atoms with Gasteiger partial charge in [0.1, 0.15) is 28.8 Å². The van der Waals surface area contributed by atoms with Crippen LogP contribution < -0.4 is 15.4 Å². The van der Waals surface area contributed by atoms with Crippen molar-refractivity contribution in [1.82, 2.24) is 24.6 Å². The van der Waals surface area contributed by atoms with E-state index in [1.54, 1.807) is 50.5 Å². The fourth-order valence-corrected chi connectivity index (χ4v) is 7.24. The van der Waals surface area contributed by atoms with Gasteiger partial charge in [-0.3, -0.25) is 9.48 Å². The van der Waals surface area contributed by atoms with Gasteiger partial charge in [-0.15, -0.1) is 0 Å². The molecule has 3 aromatic heterocycles. The van der Waals surface area contributed by atoms with Gasteiger partial charge in [-0.1, -0.05) is 43.7 Å². The number of anilines is 1. The number of primary amides is 1. The monoisotopic (exact) mass is 696 g/mol. The van der Waals surface area contributed by atoms with Gasteiger partial charge in [0.05, 0.1) is 22.0 Å². The Morgan fingerprint density at radius 3 is 2.50 bits per heavy atom. The van der Waals surface area contributed by atoms with Gasteiger partial charge in [-0.05, 0) is 35.6 Å². The number of halogens is 4. The lowest BCUT2D eigenvalue weighted by Gasteiger charge is -2.26. The summed E-state index contributed by atoms with van der Waals surface area (Å²) in [4.78, 5) is 35.2. The Kier molecular flexibility index (Phi) is 8.20. The Hall–Kier alpha value is -4.94. The third-order valence-electron chi connectivity index (χ3n) is 8.02. The van der Waals surface area contributed by atoms with Crippen molar-refractivity contribution in [1.29, 1.82) is 5.26 Å². The van der Waals surface area contributed by atoms with E-state index in [4.69, 9.17) is 22.1 Å². The van der Waals surface area contributed by atoms with Crippen LogP contribution in [0.15, 0.2) is 18.2 Å². The fourth-order valence-electron chi connectivity index (χ4n) is 5.93. The van der Waals surface area contributed by atoms with E-state index in [0.717, 1.165) is 0 Å². The molecule has 0 saturated carbocycles. The number of ether oxygens (including phenoxy) is 1. The summed E-state index contributed by atoms with van der Waals surface area (Å²) in [5.74, 6) is -1.95. The Morgan fingerprint density at radius 1 is 1.12 bits per heavy atom. The van der Waals surface area contributed by atoms with Crippen molar-refractivity contribution in [3.63, 3.8) is 0 Å². The number of thiophene rings is 1. The highest BCUT2D eigenvalue weighted by molar-refractivity contribution is 7.21. The molecule has 0 aliphatic carbocycles. The average molecular weight is 697 g/mol. The molecule has 248 valence electrons. The largest absolute Gasteiger partial charge is 0.410 e. The average Bonchev–Trinajstić information content (AvgIpc) is 3.51. The van der Waals surface area contributed by atoms with Crippen LogP contribution in [0.25, 0.3) is 32.1 Å². The van der Waals surface area contributed by atoms with Gasteiger partial charge in [0.15, 0.2) is 11.5 Å². The first-order valence-electron chi connectivity index (χ1n) is 14.7. The van der Waals surface area contributed by atoms with Crippen molar-refractivity contribution < 1.29 is 27.5 Å². The number of fused-ring (bicyclic) bond motifs is 3. The molecule has 0 atom stereocenters. The molecule has 0 spiro atoms. The predicted octanol–water partition coefficient (Wildman–Crippen LogP) is 6.52. The van der Waals surface area contributed by atoms with E-state index in [2.05, 4.69) is 15.1 Å². The van der Waals surface area contributed by atoms with E-state index in [9.17, 15) is 14.9 Å². The molecule has 6 rings (SSSR count). The molecule has 2 aromatic carbocycles. The van der Waals surface area contributed by atoms with Crippen LogP contribution in [0.1, 0.15) is 54.5 Å². The zero-order valence-corrected chi connectivity index (χ0v) is 28.0. The molecule has 1 aliphatic rings. The second-order valence-corrected chi connectivity index (χ2v) is 13.9. The van der Waals surface area contributed by atoms with Crippen LogP contribution in [0.3, 0.4) is 0 Å². The number of amides is 2. The molecular weight excluding hydrogens is 669 g/mol. The first kappa shape index (κ1) is 33.0. The molecule has 0 bridgehead atoms. The third kappa shape index (κ3) is 5.54. The van der Waals surface area contributed by atoms with Crippen molar-refractivity contribution in [2.24, 2.45) is 5.73 Å². The number of nitrogens with zero attached hydrogens (tertiary/aromatic N) is 7. The lowest BCUT2D eigenvalue weighted by atomic mass is 9.79. The second kappa shape index (κ2) is 11.9. The number of carbonyl (C=O) groups excluding carboxylic acids is 2. The van der Waals surface area contributed by atoms with E-state index in [1.165, 1.54) is 17.0 Å². The van der Waals surface area contributed by atoms with Gasteiger partial charge in [0.25, 0.3) is 5.91 Å². The first-order valence-corrected chi connectivity index (χ1v) is 15.9. The predicted molar refractivity (Wildman–Crippen MR) is 175 cm³/mol. The number of rotatable bonds is 4. The quantitative estimate of drug-likeness (QED) is 0.209. The van der Waals surface area contributed by atoms with E-state index in [-0.39, 0.29) is 71.8 Å². The number of hydrogen-bond acceptors (Lipinski definition) is 9. The van der Waals surface area contributed by atoms with Gasteiger partial charge in [0.2, 0.25) is 5.06 Å². The van der Waals surface area contributed by atoms with Gasteiger partial charge >= 0.3 is 12.2 Å². The van der Waals surface area contributed by atoms with Crippen LogP contribution in [0, 0.1) is 29.0 Å². The molecule has 48 heavy (non-hydrogen) atoms. The summed E-state index contributed by atoms with van der Waals surface area (Å²) in [5.41, 5.74) is 4.78. The lowest BCUT2D eigenvalue weighted by molar-refractivity contribution is 0.0821. The summed E-state index contributed by atoms with van der Waals surface area (Å²) in [6, 6.07) is 6.21. The van der Waals surface area contributed by atoms with Crippen molar-refractivity contribution in [2.75, 3.05) is 25.5 Å². The summed E-state index contributed by atoms with van der Waals surface area (Å²) < 4.78 is 54.5. The SMILES string of the molecule is CN(C)C(=O)c1cc2n(n1)CCCN(c1nc(F)nc3c(F)c(-c4c(C(C)(C)C)cc(F)c5sc(OC(N)=O)c(C#N)c45)c(Cl)cc13)C2. The van der Waals surface area contributed by atoms with Gasteiger partial charge in [-0.25, -0.2) is 13.6 Å². The highest BCUT2D eigenvalue weighted by atomic mass is 35.5. The number of hydrogen-bond donors (Lipinski definition) is 1. The summed E-state index contributed by atoms with van der Waals surface area (Å²) >= 11 is 7.54. The normalized spacial score (nSPS) is 13.4. The Balaban J connectivity index is 1.59. The Morgan fingerprint density at radius 2 is 1.85 bits per heavy atom. The Labute approximate surface area is 281 Å². The third-order valence-corrected chi connectivity index (χ3v) is 9.40. The van der Waals surface area contributed by atoms with E-state index >= 15 is 13.2 Å². The van der Waals surface area contributed by atoms with Crippen molar-refractivity contribution in [2.45, 2.75) is 45.7 Å². The minimum atomic E-state index is -1.22. The number of nitriles is 1. The van der Waals surface area contributed by atoms with Gasteiger partial charge < -0.3 is 20.3 Å². The molecule has 0 unspecified atom stereocenters. The molecule has 11 nitrogen and oxygen atoms in total. The van der Waals surface area contributed by atoms with Crippen molar-refractivity contribution >= 4 is 61.7 Å². The number of nitrogens with two attached hydrogens (primary N) is 1. The molecule has 4 heterocycles. The zero-order chi connectivity index (χ0) is 34.8. The maximum absolute atomic E-state index is 17.0. The maximum Gasteiger partial charge on any atom is 0.410 e. The minimum absolute atomic E-state index is 0.0394. The number of benzene rings is 2. The molecule has 5 aromatic rings. The summed E-state index contributed by atoms with van der Waals surface area (Å²) in [5, 5.41) is 14.2. The summed E-state index contributed by atoms with van der Waals surface area (Å²) in [6.45, 7) is 6.36. The van der Waals surface area contributed by atoms with Crippen LogP contribution in [0.5, 0.6) is 5.06 Å². The topological polar surface area (TPSA) is 143 Å². The van der Waals surface area contributed by atoms with Crippen LogP contribution >= 0.6 is 22.9 Å². The highest BCUT2D eigenvalue weighted by Crippen LogP contribution is 2.50. The van der Waals surface area contributed by atoms with Gasteiger partial charge in [-0.2, -0.15) is 24.7 Å². The summed E-state index contributed by atoms with van der Waals surface area (Å²) in [6.07, 6.45) is -1.86. The van der Waals surface area contributed by atoms with Crippen LogP contribution in [-0.2, 0) is 18.5 Å². The van der Waals surface area contributed by atoms with E-state index in [1.807, 2.05) is 6.07 Å². The van der Waals surface area contributed by atoms with Crippen molar-refractivity contribution in [3.8, 4) is 22.3 Å². The molecule has 2 N–H and O–H groups in total. The molecule has 2 amide bonds. The lowest BCUT2D eigenvalue weighted by Crippen LogP contribution is -2.25. The summed E-state index contributed by atoms with van der Waals surface area (Å²) in [7, 11) is 3.24. The minimum Gasteiger partial charge on any atom is -0.398 e. The number of aryl methyl sites for hydroxylation is 1. The van der Waals surface area contributed by atoms with E-state index in [0.29, 0.717) is 36.5 Å². The Bertz CT molecular complexity index is 2220. The fraction of sp³-hybridized carbons (Fsp3) is 0.312. The van der Waals surface area contributed by atoms with Gasteiger partial charge in [0, 0.05) is 49.1 Å². The number of aromatic nitrogens is 4. The number of carbonyl (C=O) groups is 2. The molecule has 0 saturated heterocycles. The molecule has 16 heteroatoms. The zero-order valence-electron chi connectivity index (χ0n) is 26.4. The van der Waals surface area contributed by atoms with Crippen molar-refractivity contribution in [3.05, 3.63) is 63.4 Å². The second-order valence-electron chi connectivity index (χ2n) is 12.5. The molecule has 0 radical (unpaired) electrons. The molecular formula is C32H28ClF3N8O3S. The maximum atomic E-state index is 17.0. The highest BCUT2D eigenvalue weighted by Gasteiger charge is 2.33. The standard InChI is InChI=1S/C32H28ClF3N8O3S/c1-32(2,3)17-11-19(34)26-21(16(12-37)29(48-26)47-31(38)46)22(17)23-18(33)10-15-25(24(23)35)39-30(36)40-27(15)43-7-6-8-44-14(13-43)9-20(41-44)28(45)42(4)5/h9-11H,6-8,13H2,1-5H3,(H2,38,46). The molecule has 1 aliphatic heterocycles. The smallest absolute Gasteiger partial charge is 0.398 e. The molecule has 0 fully saturated rings. The van der Waals surface area contributed by atoms with Crippen LogP contribution in [0.2, 0.25) is 5.02 Å².